The van der Waals surface area contributed by atoms with Gasteiger partial charge in [-0.15, -0.1) is 0 Å². The first-order chi connectivity index (χ1) is 16.3. The number of rotatable bonds is 9. The molecule has 0 saturated carbocycles. The number of amides is 1. The Bertz CT molecular complexity index is 1150. The predicted molar refractivity (Wildman–Crippen MR) is 130 cm³/mol. The normalized spacial score (nSPS) is 14.4. The second-order valence-electron chi connectivity index (χ2n) is 7.90. The number of nitrogens with zero attached hydrogens (tertiary/aromatic N) is 1. The summed E-state index contributed by atoms with van der Waals surface area (Å²) in [4.78, 5) is 24.6. The zero-order valence-electron chi connectivity index (χ0n) is 19.3. The largest absolute Gasteiger partial charge is 0.496 e. The van der Waals surface area contributed by atoms with Crippen LogP contribution in [0.1, 0.15) is 48.5 Å². The summed E-state index contributed by atoms with van der Waals surface area (Å²) in [6, 6.07) is 9.30. The third kappa shape index (κ3) is 6.28. The zero-order chi connectivity index (χ0) is 24.7. The van der Waals surface area contributed by atoms with Gasteiger partial charge >= 0.3 is 5.97 Å². The van der Waals surface area contributed by atoms with E-state index in [1.165, 1.54) is 23.5 Å². The van der Waals surface area contributed by atoms with Gasteiger partial charge in [0.05, 0.1) is 29.2 Å². The summed E-state index contributed by atoms with van der Waals surface area (Å²) in [5.74, 6) is -0.296. The fraction of sp³-hybridized carbons (Fsp3) is 0.417. The van der Waals surface area contributed by atoms with Crippen LogP contribution >= 0.6 is 11.6 Å². The summed E-state index contributed by atoms with van der Waals surface area (Å²) in [7, 11) is -2.09. The molecule has 0 aliphatic carbocycles. The number of methoxy groups -OCH3 is 1. The Morgan fingerprint density at radius 1 is 1.09 bits per heavy atom. The number of piperidine rings is 1. The van der Waals surface area contributed by atoms with E-state index in [2.05, 4.69) is 5.32 Å². The van der Waals surface area contributed by atoms with Crippen molar-refractivity contribution in [1.82, 2.24) is 4.31 Å². The number of hydrogen-bond donors (Lipinski definition) is 1. The molecule has 2 aromatic rings. The van der Waals surface area contributed by atoms with Gasteiger partial charge in [0.2, 0.25) is 15.9 Å². The van der Waals surface area contributed by atoms with E-state index in [0.29, 0.717) is 30.1 Å². The molecule has 1 heterocycles. The molecule has 1 aliphatic heterocycles. The minimum Gasteiger partial charge on any atom is -0.496 e. The maximum Gasteiger partial charge on any atom is 0.339 e. The molecule has 1 fully saturated rings. The van der Waals surface area contributed by atoms with Gasteiger partial charge in [-0.3, -0.25) is 4.79 Å². The lowest BCUT2D eigenvalue weighted by Crippen LogP contribution is -2.35. The molecule has 10 heteroatoms. The van der Waals surface area contributed by atoms with Gasteiger partial charge in [0.1, 0.15) is 5.75 Å². The lowest BCUT2D eigenvalue weighted by Gasteiger charge is -2.26. The third-order valence-corrected chi connectivity index (χ3v) is 7.78. The number of halogens is 1. The van der Waals surface area contributed by atoms with Crippen LogP contribution in [0.5, 0.6) is 5.75 Å². The Kier molecular flexibility index (Phi) is 8.93. The van der Waals surface area contributed by atoms with Crippen LogP contribution in [0, 0.1) is 0 Å². The average molecular weight is 509 g/mol. The number of carbonyl (C=O) groups is 2. The molecule has 34 heavy (non-hydrogen) atoms. The summed E-state index contributed by atoms with van der Waals surface area (Å²) in [5.41, 5.74) is 1.29. The fourth-order valence-electron chi connectivity index (χ4n) is 3.80. The van der Waals surface area contributed by atoms with Crippen molar-refractivity contribution in [3.8, 4) is 5.75 Å². The molecule has 0 aromatic heterocycles. The quantitative estimate of drug-likeness (QED) is 0.507. The Hall–Kier alpha value is -2.62. The van der Waals surface area contributed by atoms with Crippen molar-refractivity contribution in [2.45, 2.75) is 43.9 Å². The number of esters is 1. The summed E-state index contributed by atoms with van der Waals surface area (Å²) in [6.07, 6.45) is 3.12. The lowest BCUT2D eigenvalue weighted by molar-refractivity contribution is -0.116. The Balaban J connectivity index is 1.68. The number of ether oxygens (including phenoxy) is 2. The summed E-state index contributed by atoms with van der Waals surface area (Å²) >= 11 is 6.15. The van der Waals surface area contributed by atoms with Crippen LogP contribution in [0.2, 0.25) is 5.02 Å². The van der Waals surface area contributed by atoms with Crippen molar-refractivity contribution >= 4 is 39.2 Å². The molecule has 0 unspecified atom stereocenters. The van der Waals surface area contributed by atoms with Crippen LogP contribution in [0.3, 0.4) is 0 Å². The highest BCUT2D eigenvalue weighted by Gasteiger charge is 2.26. The fourth-order valence-corrected chi connectivity index (χ4v) is 5.63. The van der Waals surface area contributed by atoms with Gasteiger partial charge in [-0.2, -0.15) is 4.31 Å². The van der Waals surface area contributed by atoms with Crippen LogP contribution in [0.25, 0.3) is 0 Å². The summed E-state index contributed by atoms with van der Waals surface area (Å²) in [6.45, 7) is 2.97. The first-order valence-corrected chi connectivity index (χ1v) is 13.0. The highest BCUT2D eigenvalue weighted by molar-refractivity contribution is 7.89. The van der Waals surface area contributed by atoms with Crippen LogP contribution in [0.4, 0.5) is 5.69 Å². The van der Waals surface area contributed by atoms with Gasteiger partial charge in [-0.1, -0.05) is 18.0 Å². The van der Waals surface area contributed by atoms with E-state index in [1.54, 1.807) is 31.2 Å². The molecule has 1 amide bonds. The van der Waals surface area contributed by atoms with Crippen LogP contribution in [0.15, 0.2) is 41.3 Å². The molecule has 1 aliphatic rings. The van der Waals surface area contributed by atoms with Crippen molar-refractivity contribution in [3.63, 3.8) is 0 Å². The van der Waals surface area contributed by atoms with E-state index in [0.717, 1.165) is 19.3 Å². The first-order valence-electron chi connectivity index (χ1n) is 11.2. The van der Waals surface area contributed by atoms with Gasteiger partial charge in [-0.05, 0) is 68.1 Å². The van der Waals surface area contributed by atoms with Gasteiger partial charge < -0.3 is 14.8 Å². The van der Waals surface area contributed by atoms with Crippen molar-refractivity contribution in [2.24, 2.45) is 0 Å². The number of anilines is 1. The number of sulfonamides is 1. The highest BCUT2D eigenvalue weighted by Crippen LogP contribution is 2.28. The standard InChI is InChI=1S/C24H29ClN2O6S/c1-3-33-24(29)20-10-8-18(16-21(20)25)26-23(28)12-7-17-15-19(9-11-22(17)32-2)34(30,31)27-13-5-4-6-14-27/h8-11,15-16H,3-7,12-14H2,1-2H3,(H,26,28). The van der Waals surface area contributed by atoms with E-state index in [1.807, 2.05) is 0 Å². The Morgan fingerprint density at radius 2 is 1.82 bits per heavy atom. The number of benzene rings is 2. The third-order valence-electron chi connectivity index (χ3n) is 5.57. The maximum atomic E-state index is 13.0. The number of hydrogen-bond acceptors (Lipinski definition) is 6. The minimum absolute atomic E-state index is 0.0980. The summed E-state index contributed by atoms with van der Waals surface area (Å²) < 4.78 is 37.9. The molecule has 184 valence electrons. The molecule has 0 radical (unpaired) electrons. The molecule has 2 aromatic carbocycles. The maximum absolute atomic E-state index is 13.0. The Labute approximate surface area is 205 Å². The predicted octanol–water partition coefficient (Wildman–Crippen LogP) is 4.27. The molecule has 8 nitrogen and oxygen atoms in total. The van der Waals surface area contributed by atoms with E-state index < -0.39 is 16.0 Å². The SMILES string of the molecule is CCOC(=O)c1ccc(NC(=O)CCc2cc(S(=O)(=O)N3CCCCC3)ccc2OC)cc1Cl. The number of aryl methyl sites for hydroxylation is 1. The van der Waals surface area contributed by atoms with Crippen molar-refractivity contribution in [3.05, 3.63) is 52.5 Å². The van der Waals surface area contributed by atoms with Gasteiger partial charge in [0.25, 0.3) is 0 Å². The molecule has 1 N–H and O–H groups in total. The Morgan fingerprint density at radius 3 is 2.47 bits per heavy atom. The van der Waals surface area contributed by atoms with E-state index in [9.17, 15) is 18.0 Å². The molecule has 0 atom stereocenters. The van der Waals surface area contributed by atoms with Crippen molar-refractivity contribution in [2.75, 3.05) is 32.1 Å². The monoisotopic (exact) mass is 508 g/mol. The molecular weight excluding hydrogens is 480 g/mol. The lowest BCUT2D eigenvalue weighted by atomic mass is 10.1. The second kappa shape index (κ2) is 11.7. The second-order valence-corrected chi connectivity index (χ2v) is 10.2. The molecule has 0 spiro atoms. The van der Waals surface area contributed by atoms with Gasteiger partial charge in [0, 0.05) is 25.2 Å². The van der Waals surface area contributed by atoms with Crippen molar-refractivity contribution in [1.29, 1.82) is 0 Å². The van der Waals surface area contributed by atoms with Crippen LogP contribution in [-0.4, -0.2) is 51.4 Å². The zero-order valence-corrected chi connectivity index (χ0v) is 20.9. The smallest absolute Gasteiger partial charge is 0.339 e. The molecular formula is C24H29ClN2O6S. The number of carbonyl (C=O) groups excluding carboxylic acids is 2. The molecule has 3 rings (SSSR count). The first kappa shape index (κ1) is 26.0. The molecule has 1 saturated heterocycles. The van der Waals surface area contributed by atoms with E-state index >= 15 is 0 Å². The van der Waals surface area contributed by atoms with Crippen LogP contribution in [-0.2, 0) is 26.0 Å². The van der Waals surface area contributed by atoms with E-state index in [4.69, 9.17) is 21.1 Å². The van der Waals surface area contributed by atoms with Gasteiger partial charge in [-0.25, -0.2) is 13.2 Å². The van der Waals surface area contributed by atoms with E-state index in [-0.39, 0.29) is 40.8 Å². The minimum atomic E-state index is -3.59. The molecule has 0 bridgehead atoms. The number of nitrogens with one attached hydrogen (secondary N) is 1. The highest BCUT2D eigenvalue weighted by atomic mass is 35.5. The topological polar surface area (TPSA) is 102 Å². The van der Waals surface area contributed by atoms with Gasteiger partial charge in [0.15, 0.2) is 0 Å². The summed E-state index contributed by atoms with van der Waals surface area (Å²) in [5, 5.41) is 2.92. The average Bonchev–Trinajstić information content (AvgIpc) is 2.83. The van der Waals surface area contributed by atoms with Crippen molar-refractivity contribution < 1.29 is 27.5 Å². The van der Waals surface area contributed by atoms with Crippen LogP contribution < -0.4 is 10.1 Å².